The lowest BCUT2D eigenvalue weighted by molar-refractivity contribution is -0.191. The fraction of sp³-hybridized carbons (Fsp3) is 0.550. The van der Waals surface area contributed by atoms with Crippen molar-refractivity contribution in [1.82, 2.24) is 5.32 Å². The largest absolute Gasteiger partial charge is 0.481 e. The molecule has 0 saturated heterocycles. The van der Waals surface area contributed by atoms with Gasteiger partial charge in [-0.05, 0) is 139 Å². The highest BCUT2D eigenvalue weighted by Crippen LogP contribution is 2.71. The number of hydrogen-bond donors (Lipinski definition) is 2. The van der Waals surface area contributed by atoms with Gasteiger partial charge in [0, 0.05) is 19.4 Å². The average molecular weight is 652 g/mol. The molecular formula is C40H45NO7. The summed E-state index contributed by atoms with van der Waals surface area (Å²) in [7, 11) is 0. The number of fused-ring (bicyclic) bond motifs is 3. The number of carbonyl (C=O) groups is 2. The van der Waals surface area contributed by atoms with Crippen LogP contribution in [-0.2, 0) is 22.4 Å². The molecule has 2 heterocycles. The fourth-order valence-corrected chi connectivity index (χ4v) is 11.6. The molecular weight excluding hydrogens is 606 g/mol. The Hall–Kier alpha value is -3.94. The minimum absolute atomic E-state index is 0.154. The Morgan fingerprint density at radius 3 is 1.88 bits per heavy atom. The van der Waals surface area contributed by atoms with Gasteiger partial charge >= 0.3 is 5.97 Å². The molecule has 48 heavy (non-hydrogen) atoms. The maximum absolute atomic E-state index is 13.0. The van der Waals surface area contributed by atoms with Gasteiger partial charge in [-0.3, -0.25) is 9.59 Å². The van der Waals surface area contributed by atoms with E-state index in [0.29, 0.717) is 84.0 Å². The van der Waals surface area contributed by atoms with Crippen molar-refractivity contribution in [3.8, 4) is 23.0 Å². The molecule has 2 N–H and O–H groups in total. The minimum atomic E-state index is -0.706. The Labute approximate surface area is 281 Å². The maximum atomic E-state index is 13.0. The Bertz CT molecular complexity index is 1670. The number of nitrogens with one attached hydrogen (secondary N) is 1. The van der Waals surface area contributed by atoms with Crippen LogP contribution in [-0.4, -0.2) is 37.1 Å². The lowest BCUT2D eigenvalue weighted by atomic mass is 9.33. The number of ether oxygens (including phenoxy) is 4. The summed E-state index contributed by atoms with van der Waals surface area (Å²) in [6.45, 7) is 3.18. The Kier molecular flexibility index (Phi) is 7.46. The molecule has 6 aliphatic carbocycles. The van der Waals surface area contributed by atoms with Gasteiger partial charge in [-0.25, -0.2) is 0 Å². The van der Waals surface area contributed by atoms with Gasteiger partial charge in [0.05, 0.1) is 0 Å². The molecule has 3 saturated carbocycles. The number of amides is 1. The van der Waals surface area contributed by atoms with Crippen LogP contribution in [0.2, 0.25) is 0 Å². The van der Waals surface area contributed by atoms with Crippen LogP contribution in [0.3, 0.4) is 0 Å². The number of carbonyl (C=O) groups excluding carboxylic acids is 1. The van der Waals surface area contributed by atoms with E-state index in [1.54, 1.807) is 0 Å². The Balaban J connectivity index is 1.01. The molecule has 8 aliphatic rings. The maximum Gasteiger partial charge on any atom is 0.303 e. The second kappa shape index (κ2) is 11.9. The van der Waals surface area contributed by atoms with E-state index >= 15 is 0 Å². The summed E-state index contributed by atoms with van der Waals surface area (Å²) in [6.07, 6.45) is 14.5. The first kappa shape index (κ1) is 30.1. The van der Waals surface area contributed by atoms with Crippen LogP contribution >= 0.6 is 0 Å². The van der Waals surface area contributed by atoms with Crippen molar-refractivity contribution < 1.29 is 33.6 Å². The predicted molar refractivity (Wildman–Crippen MR) is 177 cm³/mol. The van der Waals surface area contributed by atoms with Gasteiger partial charge in [-0.1, -0.05) is 36.4 Å². The second-order valence-electron chi connectivity index (χ2n) is 15.3. The summed E-state index contributed by atoms with van der Waals surface area (Å²) >= 11 is 0. The van der Waals surface area contributed by atoms with Crippen molar-refractivity contribution in [2.75, 3.05) is 20.1 Å². The molecule has 12 atom stereocenters. The van der Waals surface area contributed by atoms with Crippen LogP contribution in [0.25, 0.3) is 0 Å². The molecule has 0 radical (unpaired) electrons. The molecule has 8 nitrogen and oxygen atoms in total. The van der Waals surface area contributed by atoms with E-state index in [1.165, 1.54) is 11.1 Å². The zero-order chi connectivity index (χ0) is 32.5. The zero-order valence-corrected chi connectivity index (χ0v) is 27.5. The fourth-order valence-electron chi connectivity index (χ4n) is 11.6. The van der Waals surface area contributed by atoms with Gasteiger partial charge in [0.25, 0.3) is 0 Å². The van der Waals surface area contributed by atoms with E-state index in [1.807, 2.05) is 19.1 Å². The quantitative estimate of drug-likeness (QED) is 0.276. The van der Waals surface area contributed by atoms with E-state index in [2.05, 4.69) is 53.9 Å². The molecule has 252 valence electrons. The standard InChI is InChI=1S/C40H45NO7/c1-2-41-35(42)18-28-26-9-8-24-25-10-11-27(38(24)40(26)30(28)15-22-7-13-32-34(17-22)48-20-46-32)37-23(4-3-5-36(43)44)29(39(25)37)14-21-6-12-31-33(16-21)47-19-45-31/h6-13,16-17,23-30,37-40H,2-5,14-15,18-20H2,1H3,(H,41,42)(H,43,44)/t23-,24-,25+,26-,27+,28+,29-,30-,37-,38-,39-,40-/m0/s1. The van der Waals surface area contributed by atoms with Gasteiger partial charge in [0.1, 0.15) is 0 Å². The number of carboxylic acid groups (broad SMARTS) is 1. The molecule has 8 heteroatoms. The average Bonchev–Trinajstić information content (AvgIpc) is 3.75. The summed E-state index contributed by atoms with van der Waals surface area (Å²) in [6, 6.07) is 12.7. The van der Waals surface area contributed by atoms with Gasteiger partial charge < -0.3 is 29.4 Å². The third kappa shape index (κ3) is 4.84. The highest BCUT2D eigenvalue weighted by atomic mass is 16.7. The van der Waals surface area contributed by atoms with Crippen LogP contribution in [0.1, 0.15) is 43.7 Å². The number of hydrogen-bond acceptors (Lipinski definition) is 6. The van der Waals surface area contributed by atoms with E-state index in [0.717, 1.165) is 48.7 Å². The minimum Gasteiger partial charge on any atom is -0.481 e. The normalized spacial score (nSPS) is 36.8. The van der Waals surface area contributed by atoms with Crippen LogP contribution in [0, 0.1) is 71.0 Å². The van der Waals surface area contributed by atoms with Crippen molar-refractivity contribution in [3.05, 3.63) is 71.8 Å². The molecule has 0 spiro atoms. The predicted octanol–water partition coefficient (Wildman–Crippen LogP) is 6.29. The summed E-state index contributed by atoms with van der Waals surface area (Å²) in [5, 5.41) is 12.6. The number of benzene rings is 2. The van der Waals surface area contributed by atoms with Gasteiger partial charge in [-0.15, -0.1) is 0 Å². The SMILES string of the molecule is CCNC(=O)C[C@@H]1[C@@H]2C=C[C@H]3[C@H]4C=C[C@@H]([C@H]3[C@@H]2[C@H]1Cc1ccc2c(c1)OCO2)[C@@H]1[C@@H](CCCC(=O)O)[C@H](Cc2ccc3c(c2)OCO3)[C@H]41. The number of carboxylic acids is 1. The van der Waals surface area contributed by atoms with Gasteiger partial charge in [0.15, 0.2) is 23.0 Å². The molecule has 3 fully saturated rings. The molecule has 0 aromatic heterocycles. The van der Waals surface area contributed by atoms with Crippen molar-refractivity contribution >= 4 is 11.9 Å². The van der Waals surface area contributed by atoms with Crippen LogP contribution in [0.15, 0.2) is 60.7 Å². The molecule has 2 aromatic carbocycles. The van der Waals surface area contributed by atoms with Crippen LogP contribution in [0.4, 0.5) is 0 Å². The molecule has 2 bridgehead atoms. The summed E-state index contributed by atoms with van der Waals surface area (Å²) in [5.41, 5.74) is 2.53. The summed E-state index contributed by atoms with van der Waals surface area (Å²) in [4.78, 5) is 24.5. The monoisotopic (exact) mass is 651 g/mol. The molecule has 2 aliphatic heterocycles. The lowest BCUT2D eigenvalue weighted by Gasteiger charge is -2.71. The van der Waals surface area contributed by atoms with E-state index in [4.69, 9.17) is 18.9 Å². The topological polar surface area (TPSA) is 103 Å². The van der Waals surface area contributed by atoms with Gasteiger partial charge in [0.2, 0.25) is 19.5 Å². The van der Waals surface area contributed by atoms with Gasteiger partial charge in [-0.2, -0.15) is 0 Å². The van der Waals surface area contributed by atoms with Crippen LogP contribution in [0.5, 0.6) is 23.0 Å². The van der Waals surface area contributed by atoms with Crippen LogP contribution < -0.4 is 24.3 Å². The Morgan fingerprint density at radius 2 is 1.23 bits per heavy atom. The summed E-state index contributed by atoms with van der Waals surface area (Å²) in [5.74, 6) is 8.61. The first-order valence-corrected chi connectivity index (χ1v) is 18.1. The second-order valence-corrected chi connectivity index (χ2v) is 15.3. The zero-order valence-electron chi connectivity index (χ0n) is 27.5. The molecule has 1 amide bonds. The first-order chi connectivity index (χ1) is 23.5. The van der Waals surface area contributed by atoms with E-state index < -0.39 is 5.97 Å². The van der Waals surface area contributed by atoms with Crippen molar-refractivity contribution in [3.63, 3.8) is 0 Å². The Morgan fingerprint density at radius 1 is 0.688 bits per heavy atom. The van der Waals surface area contributed by atoms with E-state index in [-0.39, 0.29) is 25.9 Å². The number of allylic oxidation sites excluding steroid dienone is 4. The van der Waals surface area contributed by atoms with Crippen molar-refractivity contribution in [2.45, 2.75) is 45.4 Å². The van der Waals surface area contributed by atoms with E-state index in [9.17, 15) is 14.7 Å². The molecule has 10 rings (SSSR count). The third-order valence-electron chi connectivity index (χ3n) is 13.3. The highest BCUT2D eigenvalue weighted by Gasteiger charge is 2.67. The summed E-state index contributed by atoms with van der Waals surface area (Å²) < 4.78 is 22.6. The van der Waals surface area contributed by atoms with Crippen molar-refractivity contribution in [2.24, 2.45) is 71.0 Å². The smallest absolute Gasteiger partial charge is 0.303 e. The van der Waals surface area contributed by atoms with Crippen molar-refractivity contribution in [1.29, 1.82) is 0 Å². The first-order valence-electron chi connectivity index (χ1n) is 18.1. The lowest BCUT2D eigenvalue weighted by Crippen LogP contribution is -2.67. The molecule has 2 aromatic rings. The third-order valence-corrected chi connectivity index (χ3v) is 13.3. The molecule has 0 unspecified atom stereocenters. The number of aliphatic carboxylic acids is 1. The highest BCUT2D eigenvalue weighted by molar-refractivity contribution is 5.76. The number of rotatable bonds is 11.